The molecule has 0 fully saturated rings. The molecule has 1 aromatic rings. The average Bonchev–Trinajstić information content (AvgIpc) is 2.25. The summed E-state index contributed by atoms with van der Waals surface area (Å²) in [6, 6.07) is 9.91. The summed E-state index contributed by atoms with van der Waals surface area (Å²) >= 11 is 0. The van der Waals surface area contributed by atoms with Crippen molar-refractivity contribution in [3.8, 4) is 0 Å². The van der Waals surface area contributed by atoms with E-state index in [9.17, 15) is 5.11 Å². The van der Waals surface area contributed by atoms with Crippen molar-refractivity contribution in [3.05, 3.63) is 35.9 Å². The monoisotopic (exact) mass is 192 g/mol. The summed E-state index contributed by atoms with van der Waals surface area (Å²) in [5.41, 5.74) is 1.05. The van der Waals surface area contributed by atoms with Crippen LogP contribution in [0.25, 0.3) is 0 Å². The van der Waals surface area contributed by atoms with Gasteiger partial charge in [0.2, 0.25) is 0 Å². The quantitative estimate of drug-likeness (QED) is 0.681. The number of aliphatic hydroxyl groups excluding tert-OH is 1. The van der Waals surface area contributed by atoms with Crippen molar-refractivity contribution in [1.82, 2.24) is 0 Å². The maximum absolute atomic E-state index is 9.82. The molecule has 0 aliphatic heterocycles. The van der Waals surface area contributed by atoms with Crippen LogP contribution in [0.15, 0.2) is 30.3 Å². The van der Waals surface area contributed by atoms with Crippen molar-refractivity contribution in [1.29, 1.82) is 0 Å². The Kier molecular flexibility index (Phi) is 5.31. The first kappa shape index (κ1) is 11.3. The maximum Gasteiger partial charge on any atom is 0.0790 e. The highest BCUT2D eigenvalue weighted by Gasteiger charge is 2.05. The van der Waals surface area contributed by atoms with E-state index < -0.39 is 0 Å². The molecule has 1 atom stereocenters. The molecule has 14 heavy (non-hydrogen) atoms. The van der Waals surface area contributed by atoms with E-state index in [1.807, 2.05) is 30.3 Å². The second-order valence-corrected chi connectivity index (χ2v) is 3.78. The number of hydrogen-bond donors (Lipinski definition) is 1. The molecular formula is C13H20O. The molecule has 0 heterocycles. The number of rotatable bonds is 6. The largest absolute Gasteiger partial charge is 0.388 e. The Morgan fingerprint density at radius 3 is 2.43 bits per heavy atom. The first-order chi connectivity index (χ1) is 6.84. The third-order valence-corrected chi connectivity index (χ3v) is 2.52. The lowest BCUT2D eigenvalue weighted by Crippen LogP contribution is -1.96. The molecular weight excluding hydrogens is 172 g/mol. The molecule has 0 amide bonds. The average molecular weight is 192 g/mol. The summed E-state index contributed by atoms with van der Waals surface area (Å²) in [6.07, 6.45) is 5.52. The molecule has 0 saturated heterocycles. The summed E-state index contributed by atoms with van der Waals surface area (Å²) in [5.74, 6) is 0. The van der Waals surface area contributed by atoms with Crippen LogP contribution in [0.1, 0.15) is 50.7 Å². The van der Waals surface area contributed by atoms with Gasteiger partial charge in [-0.1, -0.05) is 62.9 Å². The molecule has 0 aliphatic carbocycles. The molecule has 1 heteroatoms. The lowest BCUT2D eigenvalue weighted by molar-refractivity contribution is 0.163. The molecule has 0 spiro atoms. The molecule has 78 valence electrons. The Morgan fingerprint density at radius 2 is 1.79 bits per heavy atom. The van der Waals surface area contributed by atoms with E-state index in [-0.39, 0.29) is 6.10 Å². The SMILES string of the molecule is CCCCCC[C@H](O)c1ccccc1. The van der Waals surface area contributed by atoms with Gasteiger partial charge in [-0.25, -0.2) is 0 Å². The van der Waals surface area contributed by atoms with Gasteiger partial charge in [-0.05, 0) is 12.0 Å². The van der Waals surface area contributed by atoms with E-state index in [1.54, 1.807) is 0 Å². The molecule has 1 aromatic carbocycles. The molecule has 0 unspecified atom stereocenters. The summed E-state index contributed by atoms with van der Waals surface area (Å²) in [7, 11) is 0. The van der Waals surface area contributed by atoms with Gasteiger partial charge in [0.15, 0.2) is 0 Å². The van der Waals surface area contributed by atoms with E-state index >= 15 is 0 Å². The molecule has 0 aromatic heterocycles. The van der Waals surface area contributed by atoms with E-state index in [4.69, 9.17) is 0 Å². The third-order valence-electron chi connectivity index (χ3n) is 2.52. The lowest BCUT2D eigenvalue weighted by atomic mass is 10.0. The van der Waals surface area contributed by atoms with Crippen molar-refractivity contribution in [2.24, 2.45) is 0 Å². The van der Waals surface area contributed by atoms with Crippen LogP contribution >= 0.6 is 0 Å². The zero-order valence-corrected chi connectivity index (χ0v) is 8.95. The minimum Gasteiger partial charge on any atom is -0.388 e. The topological polar surface area (TPSA) is 20.2 Å². The van der Waals surface area contributed by atoms with Gasteiger partial charge >= 0.3 is 0 Å². The van der Waals surface area contributed by atoms with Crippen molar-refractivity contribution in [2.75, 3.05) is 0 Å². The van der Waals surface area contributed by atoms with E-state index in [1.165, 1.54) is 19.3 Å². The normalized spacial score (nSPS) is 12.7. The third kappa shape index (κ3) is 3.93. The first-order valence-corrected chi connectivity index (χ1v) is 5.57. The Labute approximate surface area is 86.8 Å². The summed E-state index contributed by atoms with van der Waals surface area (Å²) in [5, 5.41) is 9.82. The zero-order chi connectivity index (χ0) is 10.2. The maximum atomic E-state index is 9.82. The van der Waals surface area contributed by atoms with E-state index in [0.717, 1.165) is 18.4 Å². The molecule has 0 saturated carbocycles. The molecule has 1 rings (SSSR count). The van der Waals surface area contributed by atoms with Crippen LogP contribution in [-0.4, -0.2) is 5.11 Å². The van der Waals surface area contributed by atoms with Crippen molar-refractivity contribution in [3.63, 3.8) is 0 Å². The summed E-state index contributed by atoms with van der Waals surface area (Å²) in [4.78, 5) is 0. The fourth-order valence-corrected chi connectivity index (χ4v) is 1.61. The van der Waals surface area contributed by atoms with Crippen molar-refractivity contribution >= 4 is 0 Å². The van der Waals surface area contributed by atoms with E-state index in [2.05, 4.69) is 6.92 Å². The summed E-state index contributed by atoms with van der Waals surface area (Å²) in [6.45, 7) is 2.20. The fourth-order valence-electron chi connectivity index (χ4n) is 1.61. The first-order valence-electron chi connectivity index (χ1n) is 5.57. The van der Waals surface area contributed by atoms with Crippen LogP contribution in [0, 0.1) is 0 Å². The Morgan fingerprint density at radius 1 is 1.07 bits per heavy atom. The predicted octanol–water partition coefficient (Wildman–Crippen LogP) is 3.69. The van der Waals surface area contributed by atoms with Gasteiger partial charge in [-0.3, -0.25) is 0 Å². The molecule has 0 radical (unpaired) electrons. The number of unbranched alkanes of at least 4 members (excludes halogenated alkanes) is 3. The van der Waals surface area contributed by atoms with Crippen LogP contribution in [0.5, 0.6) is 0 Å². The molecule has 0 bridgehead atoms. The van der Waals surface area contributed by atoms with Gasteiger partial charge in [-0.2, -0.15) is 0 Å². The highest BCUT2D eigenvalue weighted by molar-refractivity contribution is 5.16. The van der Waals surface area contributed by atoms with Crippen LogP contribution in [0.4, 0.5) is 0 Å². The van der Waals surface area contributed by atoms with Gasteiger partial charge in [0.05, 0.1) is 6.10 Å². The molecule has 0 aliphatic rings. The van der Waals surface area contributed by atoms with E-state index in [0.29, 0.717) is 0 Å². The van der Waals surface area contributed by atoms with Crippen LogP contribution in [0.3, 0.4) is 0 Å². The minimum atomic E-state index is -0.270. The van der Waals surface area contributed by atoms with Gasteiger partial charge in [-0.15, -0.1) is 0 Å². The molecule has 1 nitrogen and oxygen atoms in total. The fraction of sp³-hybridized carbons (Fsp3) is 0.538. The lowest BCUT2D eigenvalue weighted by Gasteiger charge is -2.09. The van der Waals surface area contributed by atoms with Crippen LogP contribution in [0.2, 0.25) is 0 Å². The van der Waals surface area contributed by atoms with Gasteiger partial charge in [0, 0.05) is 0 Å². The minimum absolute atomic E-state index is 0.270. The highest BCUT2D eigenvalue weighted by Crippen LogP contribution is 2.19. The second kappa shape index (κ2) is 6.61. The number of hydrogen-bond acceptors (Lipinski definition) is 1. The number of benzene rings is 1. The highest BCUT2D eigenvalue weighted by atomic mass is 16.3. The molecule has 1 N–H and O–H groups in total. The van der Waals surface area contributed by atoms with Crippen LogP contribution < -0.4 is 0 Å². The Bertz CT molecular complexity index is 230. The van der Waals surface area contributed by atoms with Gasteiger partial charge < -0.3 is 5.11 Å². The van der Waals surface area contributed by atoms with Gasteiger partial charge in [0.1, 0.15) is 0 Å². The van der Waals surface area contributed by atoms with Gasteiger partial charge in [0.25, 0.3) is 0 Å². The smallest absolute Gasteiger partial charge is 0.0790 e. The predicted molar refractivity (Wildman–Crippen MR) is 60.2 cm³/mol. The Balaban J connectivity index is 2.25. The van der Waals surface area contributed by atoms with Crippen molar-refractivity contribution in [2.45, 2.75) is 45.1 Å². The number of aliphatic hydroxyl groups is 1. The van der Waals surface area contributed by atoms with Crippen molar-refractivity contribution < 1.29 is 5.11 Å². The standard InChI is InChI=1S/C13H20O/c1-2-3-4-8-11-13(14)12-9-6-5-7-10-12/h5-7,9-10,13-14H,2-4,8,11H2,1H3/t13-/m0/s1. The Hall–Kier alpha value is -0.820. The summed E-state index contributed by atoms with van der Waals surface area (Å²) < 4.78 is 0. The second-order valence-electron chi connectivity index (χ2n) is 3.78. The van der Waals surface area contributed by atoms with Crippen LogP contribution in [-0.2, 0) is 0 Å². The zero-order valence-electron chi connectivity index (χ0n) is 8.95.